The maximum absolute atomic E-state index is 12.4. The first-order chi connectivity index (χ1) is 13.2. The Morgan fingerprint density at radius 1 is 1.32 bits per heavy atom. The number of ketones is 1. The molecule has 1 heterocycles. The van der Waals surface area contributed by atoms with Gasteiger partial charge < -0.3 is 20.7 Å². The first-order valence-corrected chi connectivity index (χ1v) is 9.48. The normalized spacial score (nSPS) is 21.5. The number of Topliss-reactive ketones (excluding diaryl/α,β-unsaturated/α-hetero) is 1. The number of nitrogens with zero attached hydrogens (tertiary/aromatic N) is 1. The predicted octanol–water partition coefficient (Wildman–Crippen LogP) is 0.719. The SMILES string of the molecule is CN(C)CCC1OCC(=O)C1NC(=O)[CH]CC(C)(Cc1ccccc1)C(N)=O. The average Bonchev–Trinajstić information content (AvgIpc) is 2.99. The van der Waals surface area contributed by atoms with E-state index in [-0.39, 0.29) is 30.8 Å². The summed E-state index contributed by atoms with van der Waals surface area (Å²) in [6.45, 7) is 2.51. The minimum absolute atomic E-state index is 0.00997. The molecule has 1 aromatic rings. The molecular formula is C21H30N3O4. The molecule has 1 aromatic carbocycles. The Bertz CT molecular complexity index is 692. The summed E-state index contributed by atoms with van der Waals surface area (Å²) in [4.78, 5) is 38.5. The van der Waals surface area contributed by atoms with E-state index < -0.39 is 17.4 Å². The number of ether oxygens (including phenoxy) is 1. The first-order valence-electron chi connectivity index (χ1n) is 9.48. The number of primary amides is 1. The predicted molar refractivity (Wildman–Crippen MR) is 106 cm³/mol. The Kier molecular flexibility index (Phi) is 7.71. The number of hydrogen-bond donors (Lipinski definition) is 2. The van der Waals surface area contributed by atoms with Crippen LogP contribution in [0.4, 0.5) is 0 Å². The Morgan fingerprint density at radius 2 is 2.00 bits per heavy atom. The summed E-state index contributed by atoms with van der Waals surface area (Å²) >= 11 is 0. The van der Waals surface area contributed by atoms with Crippen LogP contribution in [0.5, 0.6) is 0 Å². The number of hydrogen-bond acceptors (Lipinski definition) is 5. The topological polar surface area (TPSA) is 102 Å². The zero-order valence-corrected chi connectivity index (χ0v) is 16.8. The van der Waals surface area contributed by atoms with Crippen LogP contribution < -0.4 is 11.1 Å². The highest BCUT2D eigenvalue weighted by atomic mass is 16.5. The van der Waals surface area contributed by atoms with Crippen LogP contribution in [-0.2, 0) is 25.5 Å². The molecule has 2 rings (SSSR count). The molecule has 1 aliphatic heterocycles. The summed E-state index contributed by atoms with van der Waals surface area (Å²) < 4.78 is 5.51. The van der Waals surface area contributed by atoms with Gasteiger partial charge in [-0.1, -0.05) is 37.3 Å². The van der Waals surface area contributed by atoms with Crippen molar-refractivity contribution in [2.45, 2.75) is 38.3 Å². The average molecular weight is 388 g/mol. The van der Waals surface area contributed by atoms with Gasteiger partial charge in [0.2, 0.25) is 11.8 Å². The van der Waals surface area contributed by atoms with Gasteiger partial charge in [0, 0.05) is 6.54 Å². The summed E-state index contributed by atoms with van der Waals surface area (Å²) in [6, 6.07) is 8.88. The Labute approximate surface area is 166 Å². The lowest BCUT2D eigenvalue weighted by molar-refractivity contribution is -0.128. The number of amides is 2. The van der Waals surface area contributed by atoms with E-state index >= 15 is 0 Å². The molecule has 7 heteroatoms. The van der Waals surface area contributed by atoms with Gasteiger partial charge in [0.05, 0.1) is 17.9 Å². The van der Waals surface area contributed by atoms with Gasteiger partial charge in [-0.2, -0.15) is 0 Å². The number of nitrogens with two attached hydrogens (primary N) is 1. The summed E-state index contributed by atoms with van der Waals surface area (Å²) in [7, 11) is 3.88. The Morgan fingerprint density at radius 3 is 2.61 bits per heavy atom. The molecule has 1 aliphatic rings. The molecule has 1 saturated heterocycles. The van der Waals surface area contributed by atoms with Gasteiger partial charge in [-0.05, 0) is 38.9 Å². The lowest BCUT2D eigenvalue weighted by atomic mass is 9.79. The van der Waals surface area contributed by atoms with Crippen LogP contribution in [0.25, 0.3) is 0 Å². The number of rotatable bonds is 10. The maximum Gasteiger partial charge on any atom is 0.224 e. The van der Waals surface area contributed by atoms with Crippen molar-refractivity contribution < 1.29 is 19.1 Å². The minimum Gasteiger partial charge on any atom is -0.369 e. The zero-order valence-electron chi connectivity index (χ0n) is 16.8. The third kappa shape index (κ3) is 6.14. The monoisotopic (exact) mass is 388 g/mol. The number of carbonyl (C=O) groups is 3. The summed E-state index contributed by atoms with van der Waals surface area (Å²) in [5.74, 6) is -0.990. The largest absolute Gasteiger partial charge is 0.369 e. The quantitative estimate of drug-likeness (QED) is 0.615. The molecule has 3 N–H and O–H groups in total. The van der Waals surface area contributed by atoms with Crippen molar-refractivity contribution in [1.29, 1.82) is 0 Å². The molecule has 2 amide bonds. The molecule has 0 aliphatic carbocycles. The van der Waals surface area contributed by atoms with E-state index in [1.165, 1.54) is 6.42 Å². The van der Waals surface area contributed by atoms with Crippen LogP contribution in [0.1, 0.15) is 25.3 Å². The molecule has 0 aromatic heterocycles. The zero-order chi connectivity index (χ0) is 20.7. The van der Waals surface area contributed by atoms with Crippen molar-refractivity contribution in [3.8, 4) is 0 Å². The van der Waals surface area contributed by atoms with E-state index in [1.807, 2.05) is 49.3 Å². The van der Waals surface area contributed by atoms with Gasteiger partial charge in [-0.15, -0.1) is 0 Å². The van der Waals surface area contributed by atoms with Crippen LogP contribution in [0.3, 0.4) is 0 Å². The summed E-state index contributed by atoms with van der Waals surface area (Å²) in [5.41, 5.74) is 5.69. The maximum atomic E-state index is 12.4. The molecule has 3 atom stereocenters. The third-order valence-electron chi connectivity index (χ3n) is 5.09. The molecule has 1 fully saturated rings. The molecule has 0 bridgehead atoms. The van der Waals surface area contributed by atoms with E-state index in [9.17, 15) is 14.4 Å². The van der Waals surface area contributed by atoms with E-state index in [2.05, 4.69) is 5.32 Å². The fourth-order valence-electron chi connectivity index (χ4n) is 3.23. The molecule has 28 heavy (non-hydrogen) atoms. The first kappa shape index (κ1) is 22.0. The highest BCUT2D eigenvalue weighted by molar-refractivity contribution is 5.94. The molecular weight excluding hydrogens is 358 g/mol. The fraction of sp³-hybridized carbons (Fsp3) is 0.524. The van der Waals surface area contributed by atoms with Crippen molar-refractivity contribution in [1.82, 2.24) is 10.2 Å². The minimum atomic E-state index is -0.890. The van der Waals surface area contributed by atoms with Gasteiger partial charge in [-0.3, -0.25) is 14.4 Å². The van der Waals surface area contributed by atoms with Crippen molar-refractivity contribution in [3.63, 3.8) is 0 Å². The smallest absolute Gasteiger partial charge is 0.224 e. The number of benzene rings is 1. The van der Waals surface area contributed by atoms with E-state index in [4.69, 9.17) is 10.5 Å². The van der Waals surface area contributed by atoms with Crippen LogP contribution in [0, 0.1) is 11.8 Å². The molecule has 153 valence electrons. The second-order valence-electron chi connectivity index (χ2n) is 7.89. The van der Waals surface area contributed by atoms with Crippen molar-refractivity contribution in [2.24, 2.45) is 11.1 Å². The number of nitrogens with one attached hydrogen (secondary N) is 1. The molecule has 7 nitrogen and oxygen atoms in total. The van der Waals surface area contributed by atoms with Crippen LogP contribution >= 0.6 is 0 Å². The standard InChI is InChI=1S/C21H30N3O4/c1-21(20(22)27,13-15-7-5-4-6-8-15)11-9-18(26)23-19-16(25)14-28-17(19)10-12-24(2)3/h4-9,17,19H,10-14H2,1-3H3,(H2,22,27)(H,23,26). The van der Waals surface area contributed by atoms with Crippen molar-refractivity contribution in [3.05, 3.63) is 42.3 Å². The highest BCUT2D eigenvalue weighted by Gasteiger charge is 2.37. The van der Waals surface area contributed by atoms with Crippen molar-refractivity contribution >= 4 is 17.6 Å². The Hall–Kier alpha value is -2.25. The molecule has 0 spiro atoms. The van der Waals surface area contributed by atoms with Crippen molar-refractivity contribution in [2.75, 3.05) is 27.2 Å². The third-order valence-corrected chi connectivity index (χ3v) is 5.09. The molecule has 3 unspecified atom stereocenters. The molecule has 0 saturated carbocycles. The fourth-order valence-corrected chi connectivity index (χ4v) is 3.23. The van der Waals surface area contributed by atoms with Crippen LogP contribution in [0.2, 0.25) is 0 Å². The lowest BCUT2D eigenvalue weighted by Crippen LogP contribution is -2.46. The Balaban J connectivity index is 1.93. The van der Waals surface area contributed by atoms with Crippen LogP contribution in [-0.4, -0.2) is 61.9 Å². The second-order valence-corrected chi connectivity index (χ2v) is 7.89. The second kappa shape index (κ2) is 9.80. The lowest BCUT2D eigenvalue weighted by Gasteiger charge is -2.26. The van der Waals surface area contributed by atoms with Gasteiger partial charge in [0.1, 0.15) is 12.6 Å². The summed E-state index contributed by atoms with van der Waals surface area (Å²) in [5, 5.41) is 2.74. The van der Waals surface area contributed by atoms with Crippen LogP contribution in [0.15, 0.2) is 30.3 Å². The highest BCUT2D eigenvalue weighted by Crippen LogP contribution is 2.28. The summed E-state index contributed by atoms with van der Waals surface area (Å²) in [6.07, 6.45) is 2.34. The van der Waals surface area contributed by atoms with Gasteiger partial charge in [-0.25, -0.2) is 0 Å². The van der Waals surface area contributed by atoms with E-state index in [0.717, 1.165) is 12.1 Å². The van der Waals surface area contributed by atoms with Gasteiger partial charge >= 0.3 is 0 Å². The number of carbonyl (C=O) groups excluding carboxylic acids is 3. The van der Waals surface area contributed by atoms with E-state index in [1.54, 1.807) is 6.92 Å². The van der Waals surface area contributed by atoms with E-state index in [0.29, 0.717) is 12.8 Å². The van der Waals surface area contributed by atoms with Gasteiger partial charge in [0.25, 0.3) is 0 Å². The van der Waals surface area contributed by atoms with Gasteiger partial charge in [0.15, 0.2) is 5.78 Å². The molecule has 1 radical (unpaired) electrons.